The number of nitrogens with zero attached hydrogens (tertiary/aromatic N) is 2. The van der Waals surface area contributed by atoms with Gasteiger partial charge in [0.2, 0.25) is 0 Å². The van der Waals surface area contributed by atoms with E-state index in [0.717, 1.165) is 5.01 Å². The molecule has 0 unspecified atom stereocenters. The summed E-state index contributed by atoms with van der Waals surface area (Å²) in [4.78, 5) is 20.8. The van der Waals surface area contributed by atoms with Gasteiger partial charge in [-0.25, -0.2) is 9.97 Å². The van der Waals surface area contributed by atoms with Crippen LogP contribution in [0.25, 0.3) is 0 Å². The number of aromatic nitrogens is 2. The third-order valence-electron chi connectivity index (χ3n) is 2.23. The monoisotopic (exact) mass is 311 g/mol. The fourth-order valence-electron chi connectivity index (χ4n) is 1.45. The minimum atomic E-state index is -0.225. The zero-order chi connectivity index (χ0) is 14.8. The van der Waals surface area contributed by atoms with Gasteiger partial charge in [-0.2, -0.15) is 0 Å². The van der Waals surface area contributed by atoms with Crippen molar-refractivity contribution in [1.29, 1.82) is 0 Å². The van der Waals surface area contributed by atoms with Gasteiger partial charge >= 0.3 is 0 Å². The highest BCUT2D eigenvalue weighted by molar-refractivity contribution is 7.18. The van der Waals surface area contributed by atoms with Crippen LogP contribution in [0, 0.1) is 0 Å². The molecule has 108 valence electrons. The Bertz CT molecular complexity index is 586. The predicted octanol–water partition coefficient (Wildman–Crippen LogP) is 2.32. The van der Waals surface area contributed by atoms with E-state index < -0.39 is 0 Å². The van der Waals surface area contributed by atoms with Gasteiger partial charge in [0.1, 0.15) is 15.7 Å². The number of nitrogens with two attached hydrogens (primary N) is 1. The van der Waals surface area contributed by atoms with Gasteiger partial charge < -0.3 is 16.4 Å². The number of rotatable bonds is 4. The lowest BCUT2D eigenvalue weighted by Crippen LogP contribution is -2.25. The van der Waals surface area contributed by atoms with Gasteiger partial charge in [-0.15, -0.1) is 11.3 Å². The van der Waals surface area contributed by atoms with Crippen molar-refractivity contribution in [3.63, 3.8) is 0 Å². The van der Waals surface area contributed by atoms with Crippen molar-refractivity contribution in [3.8, 4) is 0 Å². The molecule has 0 fully saturated rings. The molecule has 0 saturated heterocycles. The molecule has 8 heteroatoms. The molecule has 20 heavy (non-hydrogen) atoms. The number of amides is 1. The molecule has 0 aliphatic heterocycles. The number of nitrogens with one attached hydrogen (secondary N) is 2. The average Bonchev–Trinajstić information content (AvgIpc) is 2.93. The molecule has 0 aromatic carbocycles. The molecule has 0 spiro atoms. The molecule has 0 saturated carbocycles. The molecule has 2 heterocycles. The van der Waals surface area contributed by atoms with Crippen LogP contribution in [0.1, 0.15) is 35.5 Å². The van der Waals surface area contributed by atoms with E-state index in [1.807, 2.05) is 26.2 Å². The van der Waals surface area contributed by atoms with Crippen LogP contribution < -0.4 is 16.4 Å². The highest BCUT2D eigenvalue weighted by Crippen LogP contribution is 2.27. The Balaban J connectivity index is 2.02. The maximum absolute atomic E-state index is 12.1. The number of carbonyl (C=O) groups is 1. The first-order valence-corrected chi connectivity index (χ1v) is 7.76. The average molecular weight is 311 g/mol. The summed E-state index contributed by atoms with van der Waals surface area (Å²) in [5.41, 5.74) is 5.67. The molecule has 2 rings (SSSR count). The first-order chi connectivity index (χ1) is 9.35. The van der Waals surface area contributed by atoms with Gasteiger partial charge in [0, 0.05) is 17.1 Å². The Labute approximate surface area is 125 Å². The zero-order valence-corrected chi connectivity index (χ0v) is 13.2. The number of carbonyl (C=O) groups excluding carboxylic acids is 1. The molecular weight excluding hydrogens is 294 g/mol. The Kier molecular flexibility index (Phi) is 4.24. The van der Waals surface area contributed by atoms with Crippen molar-refractivity contribution >= 4 is 39.5 Å². The molecule has 0 atom stereocenters. The Hall–Kier alpha value is -1.67. The van der Waals surface area contributed by atoms with Gasteiger partial charge in [0.15, 0.2) is 5.13 Å². The number of hydrogen-bond acceptors (Lipinski definition) is 7. The summed E-state index contributed by atoms with van der Waals surface area (Å²) in [6.45, 7) is 6.46. The molecule has 0 bridgehead atoms. The van der Waals surface area contributed by atoms with E-state index in [9.17, 15) is 4.79 Å². The van der Waals surface area contributed by atoms with Crippen LogP contribution in [0.4, 0.5) is 10.9 Å². The predicted molar refractivity (Wildman–Crippen MR) is 83.2 cm³/mol. The van der Waals surface area contributed by atoms with Crippen molar-refractivity contribution in [1.82, 2.24) is 15.3 Å². The van der Waals surface area contributed by atoms with Crippen molar-refractivity contribution in [2.75, 3.05) is 11.1 Å². The van der Waals surface area contributed by atoms with Gasteiger partial charge in [-0.1, -0.05) is 11.3 Å². The van der Waals surface area contributed by atoms with Crippen LogP contribution in [0.15, 0.2) is 11.6 Å². The van der Waals surface area contributed by atoms with Gasteiger partial charge in [0.05, 0.1) is 6.54 Å². The smallest absolute Gasteiger partial charge is 0.265 e. The number of hydrogen-bond donors (Lipinski definition) is 3. The lowest BCUT2D eigenvalue weighted by molar-refractivity contribution is 0.0955. The van der Waals surface area contributed by atoms with E-state index in [4.69, 9.17) is 5.73 Å². The summed E-state index contributed by atoms with van der Waals surface area (Å²) in [6, 6.07) is 0. The molecule has 0 radical (unpaired) electrons. The normalized spacial score (nSPS) is 11.3. The highest BCUT2D eigenvalue weighted by atomic mass is 32.1. The summed E-state index contributed by atoms with van der Waals surface area (Å²) >= 11 is 2.75. The highest BCUT2D eigenvalue weighted by Gasteiger charge is 2.19. The first-order valence-electron chi connectivity index (χ1n) is 6.06. The van der Waals surface area contributed by atoms with Crippen molar-refractivity contribution in [2.24, 2.45) is 0 Å². The van der Waals surface area contributed by atoms with Crippen LogP contribution >= 0.6 is 22.7 Å². The van der Waals surface area contributed by atoms with Crippen molar-refractivity contribution in [3.05, 3.63) is 21.5 Å². The van der Waals surface area contributed by atoms with Gasteiger partial charge in [0.25, 0.3) is 5.91 Å². The lowest BCUT2D eigenvalue weighted by Gasteiger charge is -2.19. The minimum Gasteiger partial charge on any atom is -0.382 e. The number of nitrogen functional groups attached to an aromatic ring is 1. The molecule has 1 amide bonds. The van der Waals surface area contributed by atoms with Crippen LogP contribution in [0.3, 0.4) is 0 Å². The minimum absolute atomic E-state index is 0.126. The summed E-state index contributed by atoms with van der Waals surface area (Å²) in [5.74, 6) is 0.0237. The fourth-order valence-corrected chi connectivity index (χ4v) is 3.01. The second kappa shape index (κ2) is 5.76. The largest absolute Gasteiger partial charge is 0.382 e. The summed E-state index contributed by atoms with van der Waals surface area (Å²) in [6.07, 6.45) is 1.71. The summed E-state index contributed by atoms with van der Waals surface area (Å²) < 4.78 is 0. The zero-order valence-electron chi connectivity index (χ0n) is 11.6. The van der Waals surface area contributed by atoms with E-state index in [2.05, 4.69) is 20.6 Å². The van der Waals surface area contributed by atoms with E-state index >= 15 is 0 Å². The molecular formula is C12H17N5OS2. The molecule has 4 N–H and O–H groups in total. The molecule has 2 aromatic heterocycles. The van der Waals surface area contributed by atoms with Gasteiger partial charge in [-0.3, -0.25) is 4.79 Å². The number of anilines is 2. The van der Waals surface area contributed by atoms with Crippen LogP contribution in [0.2, 0.25) is 0 Å². The van der Waals surface area contributed by atoms with Gasteiger partial charge in [-0.05, 0) is 20.8 Å². The van der Waals surface area contributed by atoms with Crippen LogP contribution in [-0.4, -0.2) is 21.4 Å². The topological polar surface area (TPSA) is 92.9 Å². The van der Waals surface area contributed by atoms with E-state index in [1.165, 1.54) is 22.7 Å². The SMILES string of the molecule is CC(C)(C)Nc1nc(N)c(C(=O)NCc2nccs2)s1. The van der Waals surface area contributed by atoms with E-state index in [-0.39, 0.29) is 17.3 Å². The second-order valence-corrected chi connectivity index (χ2v) is 7.20. The Morgan fingerprint density at radius 3 is 2.80 bits per heavy atom. The fraction of sp³-hybridized carbons (Fsp3) is 0.417. The third kappa shape index (κ3) is 3.91. The molecule has 2 aromatic rings. The maximum atomic E-state index is 12.1. The number of thiazole rings is 2. The van der Waals surface area contributed by atoms with Crippen molar-refractivity contribution < 1.29 is 4.79 Å². The maximum Gasteiger partial charge on any atom is 0.265 e. The first kappa shape index (κ1) is 14.7. The quantitative estimate of drug-likeness (QED) is 0.806. The van der Waals surface area contributed by atoms with Crippen LogP contribution in [0.5, 0.6) is 0 Å². The van der Waals surface area contributed by atoms with Crippen molar-refractivity contribution in [2.45, 2.75) is 32.9 Å². The molecule has 6 nitrogen and oxygen atoms in total. The Morgan fingerprint density at radius 1 is 1.45 bits per heavy atom. The standard InChI is InChI=1S/C12H17N5OS2/c1-12(2,3)17-11-16-9(13)8(20-11)10(18)15-6-7-14-4-5-19-7/h4-5H,6,13H2,1-3H3,(H,15,18)(H,16,17). The second-order valence-electron chi connectivity index (χ2n) is 5.22. The molecule has 0 aliphatic rings. The molecule has 0 aliphatic carbocycles. The Morgan fingerprint density at radius 2 is 2.20 bits per heavy atom. The third-order valence-corrected chi connectivity index (χ3v) is 3.99. The summed E-state index contributed by atoms with van der Waals surface area (Å²) in [5, 5.41) is 9.37. The van der Waals surface area contributed by atoms with E-state index in [1.54, 1.807) is 6.20 Å². The van der Waals surface area contributed by atoms with E-state index in [0.29, 0.717) is 16.6 Å². The summed E-state index contributed by atoms with van der Waals surface area (Å²) in [7, 11) is 0. The lowest BCUT2D eigenvalue weighted by atomic mass is 10.1. The van der Waals surface area contributed by atoms with Crippen LogP contribution in [-0.2, 0) is 6.54 Å².